The van der Waals surface area contributed by atoms with Gasteiger partial charge in [0, 0.05) is 0 Å². The Morgan fingerprint density at radius 2 is 1.73 bits per heavy atom. The van der Waals surface area contributed by atoms with Crippen LogP contribution in [0.4, 0.5) is 0 Å². The minimum absolute atomic E-state index is 1.21. The molecule has 0 N–H and O–H groups in total. The Balaban J connectivity index is 2.34. The predicted octanol–water partition coefficient (Wildman–Crippen LogP) is 3.42. The van der Waals surface area contributed by atoms with Gasteiger partial charge in [-0.1, -0.05) is 72.0 Å². The van der Waals surface area contributed by atoms with Gasteiger partial charge < -0.3 is 0 Å². The molecular weight excluding hydrogens is 196 g/mol. The zero-order chi connectivity index (χ0) is 10.7. The molecule has 0 fully saturated rings. The third kappa shape index (κ3) is 2.12. The summed E-state index contributed by atoms with van der Waals surface area (Å²) < 4.78 is 0. The van der Waals surface area contributed by atoms with Crippen molar-refractivity contribution in [3.63, 3.8) is 0 Å². The Morgan fingerprint density at radius 1 is 1.00 bits per heavy atom. The second-order valence-corrected chi connectivity index (χ2v) is 9.03. The van der Waals surface area contributed by atoms with Gasteiger partial charge in [0.15, 0.2) is 0 Å². The smallest absolute Gasteiger partial charge is 0.0846 e. The lowest BCUT2D eigenvalue weighted by molar-refractivity contribution is 1.03. The molecule has 0 radical (unpaired) electrons. The first-order valence-electron chi connectivity index (χ1n) is 5.64. The van der Waals surface area contributed by atoms with E-state index >= 15 is 0 Å². The first-order valence-corrected chi connectivity index (χ1v) is 8.64. The van der Waals surface area contributed by atoms with E-state index in [0.717, 1.165) is 0 Å². The molecule has 15 heavy (non-hydrogen) atoms. The predicted molar refractivity (Wildman–Crippen MR) is 70.0 cm³/mol. The summed E-state index contributed by atoms with van der Waals surface area (Å²) in [7, 11) is -1.40. The second-order valence-electron chi connectivity index (χ2n) is 4.63. The van der Waals surface area contributed by atoms with E-state index in [-0.39, 0.29) is 0 Å². The van der Waals surface area contributed by atoms with Crippen LogP contribution in [0.3, 0.4) is 0 Å². The molecule has 0 nitrogen and oxygen atoms in total. The van der Waals surface area contributed by atoms with Crippen LogP contribution in [0.5, 0.6) is 0 Å². The second kappa shape index (κ2) is 4.19. The molecule has 0 saturated carbocycles. The monoisotopic (exact) mass is 214 g/mol. The number of hydrogen-bond acceptors (Lipinski definition) is 0. The van der Waals surface area contributed by atoms with E-state index < -0.39 is 8.07 Å². The van der Waals surface area contributed by atoms with Crippen molar-refractivity contribution in [2.24, 2.45) is 0 Å². The van der Waals surface area contributed by atoms with Crippen LogP contribution >= 0.6 is 0 Å². The van der Waals surface area contributed by atoms with Crippen LogP contribution in [-0.2, 0) is 0 Å². The summed E-state index contributed by atoms with van der Waals surface area (Å²) in [5.74, 6) is 0. The Hall–Kier alpha value is -1.08. The highest BCUT2D eigenvalue weighted by Gasteiger charge is 2.26. The molecular formula is C14H18Si. The zero-order valence-electron chi connectivity index (χ0n) is 9.53. The third-order valence-electron chi connectivity index (χ3n) is 3.21. The fraction of sp³-hybridized carbons (Fsp3) is 0.286. The van der Waals surface area contributed by atoms with Crippen LogP contribution in [0.25, 0.3) is 0 Å². The molecule has 2 rings (SSSR count). The van der Waals surface area contributed by atoms with Gasteiger partial charge in [-0.05, 0) is 12.8 Å². The van der Waals surface area contributed by atoms with Gasteiger partial charge >= 0.3 is 0 Å². The van der Waals surface area contributed by atoms with Crippen molar-refractivity contribution in [3.8, 4) is 0 Å². The van der Waals surface area contributed by atoms with Gasteiger partial charge in [0.05, 0.1) is 0 Å². The first kappa shape index (κ1) is 10.4. The van der Waals surface area contributed by atoms with Crippen LogP contribution < -0.4 is 5.19 Å². The van der Waals surface area contributed by atoms with E-state index in [1.807, 2.05) is 0 Å². The topological polar surface area (TPSA) is 0 Å². The molecule has 0 atom stereocenters. The minimum Gasteiger partial charge on any atom is -0.0846 e. The van der Waals surface area contributed by atoms with Crippen LogP contribution in [0.2, 0.25) is 13.1 Å². The summed E-state index contributed by atoms with van der Waals surface area (Å²) in [6.45, 7) is 4.87. The van der Waals surface area contributed by atoms with E-state index in [1.54, 1.807) is 5.20 Å². The average Bonchev–Trinajstić information content (AvgIpc) is 2.31. The van der Waals surface area contributed by atoms with Crippen molar-refractivity contribution in [2.75, 3.05) is 0 Å². The summed E-state index contributed by atoms with van der Waals surface area (Å²) in [5, 5.41) is 3.11. The van der Waals surface area contributed by atoms with E-state index in [1.165, 1.54) is 18.0 Å². The van der Waals surface area contributed by atoms with Crippen molar-refractivity contribution in [1.29, 1.82) is 0 Å². The molecule has 0 saturated heterocycles. The van der Waals surface area contributed by atoms with Gasteiger partial charge in [0.1, 0.15) is 8.07 Å². The standard InChI is InChI=1S/C14H18Si/c1-15(2,13-9-5-3-6-10-13)14-11-7-4-8-12-14/h3,5-7,9-12H,4,8H2,1-2H3. The molecule has 0 unspecified atom stereocenters. The Bertz CT molecular complexity index is 385. The Morgan fingerprint density at radius 3 is 2.33 bits per heavy atom. The van der Waals surface area contributed by atoms with Gasteiger partial charge in [-0.25, -0.2) is 0 Å². The molecule has 1 heteroatoms. The van der Waals surface area contributed by atoms with Crippen LogP contribution in [-0.4, -0.2) is 8.07 Å². The van der Waals surface area contributed by atoms with Gasteiger partial charge in [0.2, 0.25) is 0 Å². The maximum absolute atomic E-state index is 2.43. The number of hydrogen-bond donors (Lipinski definition) is 0. The normalized spacial score (nSPS) is 16.3. The molecule has 78 valence electrons. The third-order valence-corrected chi connectivity index (χ3v) is 6.80. The fourth-order valence-electron chi connectivity index (χ4n) is 2.10. The van der Waals surface area contributed by atoms with Crippen molar-refractivity contribution in [1.82, 2.24) is 0 Å². The van der Waals surface area contributed by atoms with E-state index in [0.29, 0.717) is 0 Å². The fourth-order valence-corrected chi connectivity index (χ4v) is 4.65. The lowest BCUT2D eigenvalue weighted by atomic mass is 10.2. The van der Waals surface area contributed by atoms with E-state index in [9.17, 15) is 0 Å². The average molecular weight is 214 g/mol. The molecule has 1 aromatic rings. The molecule has 0 heterocycles. The van der Waals surface area contributed by atoms with Gasteiger partial charge in [-0.2, -0.15) is 0 Å². The molecule has 0 aliphatic heterocycles. The minimum atomic E-state index is -1.40. The summed E-state index contributed by atoms with van der Waals surface area (Å²) in [6.07, 6.45) is 9.51. The molecule has 1 aromatic carbocycles. The largest absolute Gasteiger partial charge is 0.111 e. The van der Waals surface area contributed by atoms with Crippen molar-refractivity contribution >= 4 is 13.3 Å². The highest BCUT2D eigenvalue weighted by Crippen LogP contribution is 2.21. The highest BCUT2D eigenvalue weighted by atomic mass is 28.3. The summed E-state index contributed by atoms with van der Waals surface area (Å²) >= 11 is 0. The van der Waals surface area contributed by atoms with Gasteiger partial charge in [0.25, 0.3) is 0 Å². The van der Waals surface area contributed by atoms with Crippen molar-refractivity contribution < 1.29 is 0 Å². The lowest BCUT2D eigenvalue weighted by Crippen LogP contribution is -2.43. The van der Waals surface area contributed by atoms with E-state index in [2.05, 4.69) is 61.7 Å². The van der Waals surface area contributed by atoms with Gasteiger partial charge in [-0.15, -0.1) is 0 Å². The number of benzene rings is 1. The maximum atomic E-state index is 2.43. The molecule has 0 aromatic heterocycles. The van der Waals surface area contributed by atoms with Crippen molar-refractivity contribution in [3.05, 3.63) is 53.8 Å². The van der Waals surface area contributed by atoms with E-state index in [4.69, 9.17) is 0 Å². The van der Waals surface area contributed by atoms with Gasteiger partial charge in [-0.3, -0.25) is 0 Å². The lowest BCUT2D eigenvalue weighted by Gasteiger charge is -2.26. The SMILES string of the molecule is C[Si](C)(C1=CCCC=C1)c1ccccc1. The van der Waals surface area contributed by atoms with Crippen LogP contribution in [0.1, 0.15) is 12.8 Å². The summed E-state index contributed by atoms with van der Waals surface area (Å²) in [6, 6.07) is 10.9. The molecule has 0 spiro atoms. The summed E-state index contributed by atoms with van der Waals surface area (Å²) in [5.41, 5.74) is 0. The quantitative estimate of drug-likeness (QED) is 0.662. The van der Waals surface area contributed by atoms with Crippen LogP contribution in [0.15, 0.2) is 53.8 Å². The molecule has 0 amide bonds. The van der Waals surface area contributed by atoms with Crippen LogP contribution in [0, 0.1) is 0 Å². The Labute approximate surface area is 93.3 Å². The molecule has 1 aliphatic carbocycles. The first-order chi connectivity index (χ1) is 7.21. The van der Waals surface area contributed by atoms with Crippen molar-refractivity contribution in [2.45, 2.75) is 25.9 Å². The molecule has 0 bridgehead atoms. The zero-order valence-corrected chi connectivity index (χ0v) is 10.5. The Kier molecular flexibility index (Phi) is 2.92. The number of allylic oxidation sites excluding steroid dienone is 4. The number of rotatable bonds is 2. The summed E-state index contributed by atoms with van der Waals surface area (Å²) in [4.78, 5) is 0. The molecule has 1 aliphatic rings. The highest BCUT2D eigenvalue weighted by molar-refractivity contribution is 6.96. The maximum Gasteiger partial charge on any atom is 0.111 e.